The van der Waals surface area contributed by atoms with Crippen LogP contribution in [0.25, 0.3) is 5.65 Å². The van der Waals surface area contributed by atoms with E-state index >= 15 is 0 Å². The van der Waals surface area contributed by atoms with Crippen molar-refractivity contribution in [3.8, 4) is 0 Å². The van der Waals surface area contributed by atoms with Gasteiger partial charge >= 0.3 is 0 Å². The molecule has 17 heavy (non-hydrogen) atoms. The van der Waals surface area contributed by atoms with E-state index in [9.17, 15) is 5.11 Å². The average molecular weight is 235 g/mol. The SMILES string of the molecule is COCC(O)CN(C)c1cccc2nccn12. The van der Waals surface area contributed by atoms with E-state index in [1.807, 2.05) is 40.7 Å². The molecule has 2 rings (SSSR count). The van der Waals surface area contributed by atoms with Crippen molar-refractivity contribution >= 4 is 11.5 Å². The molecule has 5 heteroatoms. The summed E-state index contributed by atoms with van der Waals surface area (Å²) >= 11 is 0. The maximum Gasteiger partial charge on any atom is 0.138 e. The lowest BCUT2D eigenvalue weighted by molar-refractivity contribution is 0.0694. The molecule has 1 N–H and O–H groups in total. The Morgan fingerprint density at radius 1 is 1.53 bits per heavy atom. The molecule has 1 atom stereocenters. The van der Waals surface area contributed by atoms with Crippen LogP contribution in [0, 0.1) is 0 Å². The van der Waals surface area contributed by atoms with E-state index in [0.29, 0.717) is 13.2 Å². The Hall–Kier alpha value is -1.59. The van der Waals surface area contributed by atoms with Crippen molar-refractivity contribution < 1.29 is 9.84 Å². The summed E-state index contributed by atoms with van der Waals surface area (Å²) in [6.45, 7) is 0.857. The third-order valence-corrected chi connectivity index (χ3v) is 2.64. The van der Waals surface area contributed by atoms with Crippen molar-refractivity contribution in [1.29, 1.82) is 0 Å². The highest BCUT2D eigenvalue weighted by Gasteiger charge is 2.10. The van der Waals surface area contributed by atoms with Gasteiger partial charge in [-0.3, -0.25) is 4.40 Å². The van der Waals surface area contributed by atoms with Gasteiger partial charge in [0.05, 0.1) is 12.7 Å². The zero-order valence-electron chi connectivity index (χ0n) is 10.1. The first kappa shape index (κ1) is 11.9. The smallest absolute Gasteiger partial charge is 0.138 e. The molecule has 0 amide bonds. The monoisotopic (exact) mass is 235 g/mol. The molecule has 0 spiro atoms. The molecule has 0 radical (unpaired) electrons. The van der Waals surface area contributed by atoms with Crippen molar-refractivity contribution in [2.45, 2.75) is 6.10 Å². The largest absolute Gasteiger partial charge is 0.389 e. The van der Waals surface area contributed by atoms with Crippen LogP contribution in [-0.4, -0.2) is 47.9 Å². The first-order valence-electron chi connectivity index (χ1n) is 5.52. The molecule has 5 nitrogen and oxygen atoms in total. The molecule has 0 saturated carbocycles. The molecule has 0 aliphatic carbocycles. The van der Waals surface area contributed by atoms with E-state index in [1.54, 1.807) is 13.3 Å². The maximum atomic E-state index is 9.71. The van der Waals surface area contributed by atoms with Crippen LogP contribution < -0.4 is 4.90 Å². The molecule has 0 aliphatic heterocycles. The number of fused-ring (bicyclic) bond motifs is 1. The number of methoxy groups -OCH3 is 1. The fourth-order valence-corrected chi connectivity index (χ4v) is 1.90. The highest BCUT2D eigenvalue weighted by atomic mass is 16.5. The summed E-state index contributed by atoms with van der Waals surface area (Å²) < 4.78 is 6.90. The minimum atomic E-state index is -0.497. The standard InChI is InChI=1S/C12H17N3O2/c1-14(8-10(16)9-17-2)12-5-3-4-11-13-6-7-15(11)12/h3-7,10,16H,8-9H2,1-2H3. The number of aliphatic hydroxyl groups is 1. The highest BCUT2D eigenvalue weighted by Crippen LogP contribution is 2.15. The Balaban J connectivity index is 2.18. The third kappa shape index (κ3) is 2.57. The van der Waals surface area contributed by atoms with Gasteiger partial charge in [0, 0.05) is 33.1 Å². The third-order valence-electron chi connectivity index (χ3n) is 2.64. The molecule has 0 saturated heterocycles. The van der Waals surface area contributed by atoms with E-state index in [2.05, 4.69) is 4.98 Å². The molecule has 0 bridgehead atoms. The van der Waals surface area contributed by atoms with Gasteiger partial charge in [0.2, 0.25) is 0 Å². The average Bonchev–Trinajstić information content (AvgIpc) is 2.76. The number of likely N-dealkylation sites (N-methyl/N-ethyl adjacent to an activating group) is 1. The van der Waals surface area contributed by atoms with Crippen molar-refractivity contribution in [1.82, 2.24) is 9.38 Å². The normalized spacial score (nSPS) is 12.9. The van der Waals surface area contributed by atoms with Gasteiger partial charge in [0.15, 0.2) is 0 Å². The van der Waals surface area contributed by atoms with E-state index < -0.39 is 6.10 Å². The van der Waals surface area contributed by atoms with Crippen LogP contribution in [-0.2, 0) is 4.74 Å². The van der Waals surface area contributed by atoms with E-state index in [1.165, 1.54) is 0 Å². The summed E-state index contributed by atoms with van der Waals surface area (Å²) in [7, 11) is 3.52. The second-order valence-corrected chi connectivity index (χ2v) is 4.03. The van der Waals surface area contributed by atoms with Gasteiger partial charge in [0.1, 0.15) is 11.5 Å². The predicted molar refractivity (Wildman–Crippen MR) is 66.3 cm³/mol. The Bertz CT molecular complexity index is 483. The highest BCUT2D eigenvalue weighted by molar-refractivity contribution is 5.51. The van der Waals surface area contributed by atoms with Gasteiger partial charge in [-0.25, -0.2) is 4.98 Å². The molecule has 1 unspecified atom stereocenters. The van der Waals surface area contributed by atoms with E-state index in [0.717, 1.165) is 11.5 Å². The molecular weight excluding hydrogens is 218 g/mol. The van der Waals surface area contributed by atoms with E-state index in [-0.39, 0.29) is 0 Å². The van der Waals surface area contributed by atoms with Gasteiger partial charge in [-0.2, -0.15) is 0 Å². The van der Waals surface area contributed by atoms with Crippen molar-refractivity contribution in [3.63, 3.8) is 0 Å². The molecule has 92 valence electrons. The maximum absolute atomic E-state index is 9.71. The van der Waals surface area contributed by atoms with Gasteiger partial charge in [-0.15, -0.1) is 0 Å². The molecule has 2 aromatic rings. The lowest BCUT2D eigenvalue weighted by Crippen LogP contribution is -2.32. The molecule has 0 aliphatic rings. The zero-order chi connectivity index (χ0) is 12.3. The van der Waals surface area contributed by atoms with E-state index in [4.69, 9.17) is 4.74 Å². The molecular formula is C12H17N3O2. The summed E-state index contributed by atoms with van der Waals surface area (Å²) in [6.07, 6.45) is 3.17. The number of aromatic nitrogens is 2. The predicted octanol–water partition coefficient (Wildman–Crippen LogP) is 0.778. The van der Waals surface area contributed by atoms with Crippen LogP contribution in [0.2, 0.25) is 0 Å². The summed E-state index contributed by atoms with van der Waals surface area (Å²) in [6, 6.07) is 5.90. The number of hydrogen-bond acceptors (Lipinski definition) is 4. The summed E-state index contributed by atoms with van der Waals surface area (Å²) in [5, 5.41) is 9.71. The van der Waals surface area contributed by atoms with Crippen LogP contribution in [0.4, 0.5) is 5.82 Å². The number of imidazole rings is 1. The number of rotatable bonds is 5. The fraction of sp³-hybridized carbons (Fsp3) is 0.417. The summed E-state index contributed by atoms with van der Waals surface area (Å²) in [5.41, 5.74) is 0.899. The van der Waals surface area contributed by atoms with Gasteiger partial charge in [-0.05, 0) is 12.1 Å². The summed E-state index contributed by atoms with van der Waals surface area (Å²) in [4.78, 5) is 6.21. The van der Waals surface area contributed by atoms with Gasteiger partial charge < -0.3 is 14.7 Å². The first-order valence-corrected chi connectivity index (χ1v) is 5.52. The second-order valence-electron chi connectivity index (χ2n) is 4.03. The molecule has 0 fully saturated rings. The van der Waals surface area contributed by atoms with Crippen molar-refractivity contribution in [2.24, 2.45) is 0 Å². The number of nitrogens with zero attached hydrogens (tertiary/aromatic N) is 3. The number of hydrogen-bond donors (Lipinski definition) is 1. The summed E-state index contributed by atoms with van der Waals surface area (Å²) in [5.74, 6) is 0.996. The van der Waals surface area contributed by atoms with Crippen LogP contribution >= 0.6 is 0 Å². The lowest BCUT2D eigenvalue weighted by atomic mass is 10.3. The van der Waals surface area contributed by atoms with Crippen LogP contribution in [0.15, 0.2) is 30.6 Å². The zero-order valence-corrected chi connectivity index (χ0v) is 10.1. The molecule has 2 heterocycles. The Morgan fingerprint density at radius 2 is 2.35 bits per heavy atom. The number of pyridine rings is 1. The fourth-order valence-electron chi connectivity index (χ4n) is 1.90. The van der Waals surface area contributed by atoms with Crippen LogP contribution in [0.1, 0.15) is 0 Å². The number of ether oxygens (including phenoxy) is 1. The minimum absolute atomic E-state index is 0.338. The first-order chi connectivity index (χ1) is 8.22. The molecule has 2 aromatic heterocycles. The number of aliphatic hydroxyl groups excluding tert-OH is 1. The topological polar surface area (TPSA) is 50.0 Å². The van der Waals surface area contributed by atoms with Gasteiger partial charge in [-0.1, -0.05) is 6.07 Å². The molecule has 0 aromatic carbocycles. The van der Waals surface area contributed by atoms with Crippen molar-refractivity contribution in [2.75, 3.05) is 32.2 Å². The second kappa shape index (κ2) is 5.16. The Labute approximate surface area is 100 Å². The minimum Gasteiger partial charge on any atom is -0.389 e. The quantitative estimate of drug-likeness (QED) is 0.832. The van der Waals surface area contributed by atoms with Crippen molar-refractivity contribution in [3.05, 3.63) is 30.6 Å². The number of anilines is 1. The Kier molecular flexibility index (Phi) is 3.61. The van der Waals surface area contributed by atoms with Gasteiger partial charge in [0.25, 0.3) is 0 Å². The van der Waals surface area contributed by atoms with Crippen LogP contribution in [0.3, 0.4) is 0 Å². The lowest BCUT2D eigenvalue weighted by Gasteiger charge is -2.23. The van der Waals surface area contributed by atoms with Crippen LogP contribution in [0.5, 0.6) is 0 Å². The Morgan fingerprint density at radius 3 is 3.12 bits per heavy atom.